The van der Waals surface area contributed by atoms with E-state index in [1.54, 1.807) is 24.9 Å². The summed E-state index contributed by atoms with van der Waals surface area (Å²) in [6.07, 6.45) is 0. The zero-order valence-corrected chi connectivity index (χ0v) is 19.5. The first-order valence-corrected chi connectivity index (χ1v) is 11.5. The molecule has 0 spiro atoms. The second-order valence-corrected chi connectivity index (χ2v) is 8.47. The number of piperazine rings is 1. The molecule has 6 nitrogen and oxygen atoms in total. The molecule has 1 atom stereocenters. The van der Waals surface area contributed by atoms with Gasteiger partial charge >= 0.3 is 0 Å². The minimum absolute atomic E-state index is 0.0176. The quantitative estimate of drug-likeness (QED) is 0.639. The zero-order valence-electron chi connectivity index (χ0n) is 19.5. The maximum atomic E-state index is 14.2. The SMILES string of the molecule is CNC(=O)c1cccc([C@@H]2CN(C(C)=O)CCN2C(=O)C(c2ccccc2)c2ccccc2)c1. The van der Waals surface area contributed by atoms with Crippen LogP contribution in [0.1, 0.15) is 45.9 Å². The molecule has 0 radical (unpaired) electrons. The fourth-order valence-electron chi connectivity index (χ4n) is 4.58. The first-order chi connectivity index (χ1) is 16.5. The molecule has 0 saturated carbocycles. The largest absolute Gasteiger partial charge is 0.355 e. The van der Waals surface area contributed by atoms with Gasteiger partial charge in [-0.1, -0.05) is 72.8 Å². The van der Waals surface area contributed by atoms with Gasteiger partial charge in [0.15, 0.2) is 0 Å². The molecule has 0 aliphatic carbocycles. The van der Waals surface area contributed by atoms with Gasteiger partial charge in [0, 0.05) is 39.2 Å². The van der Waals surface area contributed by atoms with Crippen LogP contribution in [0.4, 0.5) is 0 Å². The van der Waals surface area contributed by atoms with E-state index in [2.05, 4.69) is 5.32 Å². The number of amides is 3. The van der Waals surface area contributed by atoms with E-state index in [1.165, 1.54) is 0 Å². The molecule has 3 aromatic rings. The van der Waals surface area contributed by atoms with Crippen molar-refractivity contribution in [1.82, 2.24) is 15.1 Å². The van der Waals surface area contributed by atoms with Crippen molar-refractivity contribution in [2.75, 3.05) is 26.7 Å². The normalized spacial score (nSPS) is 15.8. The minimum Gasteiger partial charge on any atom is -0.355 e. The van der Waals surface area contributed by atoms with Crippen LogP contribution in [0.15, 0.2) is 84.9 Å². The van der Waals surface area contributed by atoms with Crippen LogP contribution in [-0.2, 0) is 9.59 Å². The predicted octanol–water partition coefficient (Wildman–Crippen LogP) is 3.61. The summed E-state index contributed by atoms with van der Waals surface area (Å²) in [4.78, 5) is 42.3. The number of rotatable bonds is 5. The summed E-state index contributed by atoms with van der Waals surface area (Å²) in [5.74, 6) is -0.695. The van der Waals surface area contributed by atoms with E-state index in [1.807, 2.05) is 83.8 Å². The molecule has 0 aromatic heterocycles. The summed E-state index contributed by atoms with van der Waals surface area (Å²) in [5, 5.41) is 2.65. The molecular weight excluding hydrogens is 426 g/mol. The van der Waals surface area contributed by atoms with E-state index in [0.29, 0.717) is 25.2 Å². The van der Waals surface area contributed by atoms with Gasteiger partial charge in [0.1, 0.15) is 0 Å². The Bertz CT molecular complexity index is 1120. The third kappa shape index (κ3) is 4.86. The van der Waals surface area contributed by atoms with Crippen LogP contribution in [0.3, 0.4) is 0 Å². The number of benzene rings is 3. The lowest BCUT2D eigenvalue weighted by molar-refractivity contribution is -0.142. The first kappa shape index (κ1) is 23.2. The smallest absolute Gasteiger partial charge is 0.251 e. The standard InChI is InChI=1S/C28H29N3O3/c1-20(32)30-16-17-31(25(19-30)23-14-9-15-24(18-23)27(33)29-2)28(34)26(21-10-5-3-6-11-21)22-12-7-4-8-13-22/h3-15,18,25-26H,16-17,19H2,1-2H3,(H,29,33)/t25-/m0/s1. The van der Waals surface area contributed by atoms with Crippen LogP contribution < -0.4 is 5.32 Å². The maximum absolute atomic E-state index is 14.2. The molecule has 4 rings (SSSR count). The van der Waals surface area contributed by atoms with E-state index in [0.717, 1.165) is 16.7 Å². The van der Waals surface area contributed by atoms with Crippen LogP contribution in [0, 0.1) is 0 Å². The van der Waals surface area contributed by atoms with Crippen LogP contribution >= 0.6 is 0 Å². The topological polar surface area (TPSA) is 69.7 Å². The van der Waals surface area contributed by atoms with Gasteiger partial charge in [-0.05, 0) is 28.8 Å². The molecule has 1 saturated heterocycles. The van der Waals surface area contributed by atoms with Gasteiger partial charge in [0.2, 0.25) is 11.8 Å². The van der Waals surface area contributed by atoms with Crippen molar-refractivity contribution >= 4 is 17.7 Å². The molecular formula is C28H29N3O3. The van der Waals surface area contributed by atoms with Crippen molar-refractivity contribution in [3.63, 3.8) is 0 Å². The lowest BCUT2D eigenvalue weighted by atomic mass is 9.88. The van der Waals surface area contributed by atoms with Crippen molar-refractivity contribution in [2.24, 2.45) is 0 Å². The molecule has 1 N–H and O–H groups in total. The lowest BCUT2D eigenvalue weighted by Crippen LogP contribution is -2.53. The van der Waals surface area contributed by atoms with E-state index in [4.69, 9.17) is 0 Å². The van der Waals surface area contributed by atoms with Crippen molar-refractivity contribution in [1.29, 1.82) is 0 Å². The van der Waals surface area contributed by atoms with E-state index < -0.39 is 5.92 Å². The predicted molar refractivity (Wildman–Crippen MR) is 131 cm³/mol. The molecule has 3 aromatic carbocycles. The first-order valence-electron chi connectivity index (χ1n) is 11.5. The van der Waals surface area contributed by atoms with Crippen LogP contribution in [0.2, 0.25) is 0 Å². The minimum atomic E-state index is -0.462. The number of nitrogens with zero attached hydrogens (tertiary/aromatic N) is 2. The Hall–Kier alpha value is -3.93. The summed E-state index contributed by atoms with van der Waals surface area (Å²) in [6.45, 7) is 2.83. The molecule has 0 unspecified atom stereocenters. The molecule has 174 valence electrons. The maximum Gasteiger partial charge on any atom is 0.251 e. The highest BCUT2D eigenvalue weighted by Gasteiger charge is 2.37. The van der Waals surface area contributed by atoms with Gasteiger partial charge < -0.3 is 15.1 Å². The third-order valence-corrected chi connectivity index (χ3v) is 6.38. The zero-order chi connectivity index (χ0) is 24.1. The number of carbonyl (C=O) groups is 3. The summed E-state index contributed by atoms with van der Waals surface area (Å²) in [6, 6.07) is 26.5. The van der Waals surface area contributed by atoms with Gasteiger partial charge in [0.25, 0.3) is 5.91 Å². The lowest BCUT2D eigenvalue weighted by Gasteiger charge is -2.43. The molecule has 1 aliphatic heterocycles. The summed E-state index contributed by atoms with van der Waals surface area (Å²) >= 11 is 0. The molecule has 1 heterocycles. The molecule has 0 bridgehead atoms. The van der Waals surface area contributed by atoms with Crippen LogP contribution in [0.5, 0.6) is 0 Å². The van der Waals surface area contributed by atoms with Crippen LogP contribution in [-0.4, -0.2) is 54.2 Å². The highest BCUT2D eigenvalue weighted by atomic mass is 16.2. The fourth-order valence-corrected chi connectivity index (χ4v) is 4.58. The van der Waals surface area contributed by atoms with Gasteiger partial charge in [0.05, 0.1) is 12.0 Å². The van der Waals surface area contributed by atoms with E-state index in [9.17, 15) is 14.4 Å². The Morgan fingerprint density at radius 3 is 2.03 bits per heavy atom. The highest BCUT2D eigenvalue weighted by Crippen LogP contribution is 2.33. The van der Waals surface area contributed by atoms with Crippen molar-refractivity contribution in [2.45, 2.75) is 18.9 Å². The van der Waals surface area contributed by atoms with E-state index in [-0.39, 0.29) is 23.8 Å². The molecule has 1 aliphatic rings. The van der Waals surface area contributed by atoms with Gasteiger partial charge in [-0.3, -0.25) is 14.4 Å². The van der Waals surface area contributed by atoms with Crippen molar-refractivity contribution in [3.8, 4) is 0 Å². The van der Waals surface area contributed by atoms with Gasteiger partial charge in [-0.15, -0.1) is 0 Å². The summed E-state index contributed by atoms with van der Waals surface area (Å²) in [5.41, 5.74) is 3.20. The Balaban J connectivity index is 1.75. The molecule has 34 heavy (non-hydrogen) atoms. The average Bonchev–Trinajstić information content (AvgIpc) is 2.89. The molecule has 1 fully saturated rings. The van der Waals surface area contributed by atoms with Gasteiger partial charge in [-0.25, -0.2) is 0 Å². The Morgan fingerprint density at radius 2 is 1.47 bits per heavy atom. The van der Waals surface area contributed by atoms with Crippen molar-refractivity contribution in [3.05, 3.63) is 107 Å². The molecule has 3 amide bonds. The monoisotopic (exact) mass is 455 g/mol. The number of nitrogens with one attached hydrogen (secondary N) is 1. The second-order valence-electron chi connectivity index (χ2n) is 8.47. The van der Waals surface area contributed by atoms with Gasteiger partial charge in [-0.2, -0.15) is 0 Å². The Morgan fingerprint density at radius 1 is 0.853 bits per heavy atom. The van der Waals surface area contributed by atoms with Crippen molar-refractivity contribution < 1.29 is 14.4 Å². The Kier molecular flexibility index (Phi) is 7.07. The summed E-state index contributed by atoms with van der Waals surface area (Å²) in [7, 11) is 1.59. The fraction of sp³-hybridized carbons (Fsp3) is 0.250. The summed E-state index contributed by atoms with van der Waals surface area (Å²) < 4.78 is 0. The molecule has 6 heteroatoms. The number of hydrogen-bond donors (Lipinski definition) is 1. The Labute approximate surface area is 200 Å². The second kappa shape index (κ2) is 10.3. The number of carbonyl (C=O) groups excluding carboxylic acids is 3. The third-order valence-electron chi connectivity index (χ3n) is 6.38. The average molecular weight is 456 g/mol. The highest BCUT2D eigenvalue weighted by molar-refractivity contribution is 5.94. The number of hydrogen-bond acceptors (Lipinski definition) is 3. The van der Waals surface area contributed by atoms with Crippen LogP contribution in [0.25, 0.3) is 0 Å². The van der Waals surface area contributed by atoms with E-state index >= 15 is 0 Å².